The minimum Gasteiger partial charge on any atom is -0.466 e. The molecule has 3 aliphatic heterocycles. The Morgan fingerprint density at radius 1 is 1.38 bits per heavy atom. The molecule has 1 unspecified atom stereocenters. The van der Waals surface area contributed by atoms with Crippen molar-refractivity contribution >= 4 is 40.6 Å². The van der Waals surface area contributed by atoms with Gasteiger partial charge in [-0.1, -0.05) is 17.7 Å². The van der Waals surface area contributed by atoms with E-state index in [0.717, 1.165) is 13.0 Å². The van der Waals surface area contributed by atoms with Crippen molar-refractivity contribution in [2.45, 2.75) is 24.9 Å². The Morgan fingerprint density at radius 2 is 2.24 bits per heavy atom. The molecule has 5 rings (SSSR count). The lowest BCUT2D eigenvalue weighted by Gasteiger charge is -2.39. The van der Waals surface area contributed by atoms with Gasteiger partial charge in [-0.3, -0.25) is 14.7 Å². The van der Waals surface area contributed by atoms with E-state index >= 15 is 0 Å². The van der Waals surface area contributed by atoms with E-state index in [0.29, 0.717) is 53.7 Å². The minimum atomic E-state index is -0.787. The second-order valence-corrected chi connectivity index (χ2v) is 9.71. The van der Waals surface area contributed by atoms with Crippen molar-refractivity contribution in [2.24, 2.45) is 4.99 Å². The van der Waals surface area contributed by atoms with Gasteiger partial charge < -0.3 is 15.0 Å². The predicted octanol–water partition coefficient (Wildman–Crippen LogP) is 2.76. The maximum atomic E-state index is 13.8. The number of amidine groups is 1. The first-order chi connectivity index (χ1) is 16.4. The molecule has 0 radical (unpaired) electrons. The van der Waals surface area contributed by atoms with Gasteiger partial charge in [0.1, 0.15) is 11.9 Å². The number of thiazole rings is 1. The van der Waals surface area contributed by atoms with Crippen LogP contribution in [0, 0.1) is 5.82 Å². The monoisotopic (exact) mass is 503 g/mol. The number of ether oxygens (including phenoxy) is 1. The molecule has 8 nitrogen and oxygen atoms in total. The molecular formula is C23H23ClFN5O3S. The SMILES string of the molecule is COC(=O)C1=C(CN2CCN3C(=O)CCC3C2)NC(c2nccs2)=N[C@H]1c1ccc(F)cc1Cl. The van der Waals surface area contributed by atoms with Gasteiger partial charge in [0.05, 0.1) is 12.7 Å². The first-order valence-electron chi connectivity index (χ1n) is 11.0. The standard InChI is InChI=1S/C23H23ClFN5O3S/c1-33-23(32)19-17(12-29-7-8-30-14(11-29)3-5-18(30)31)27-21(22-26-6-9-34-22)28-20(19)15-4-2-13(25)10-16(15)24/h2,4,6,9-10,14,20H,3,5,7-8,11-12H2,1H3,(H,27,28)/t14?,20-/m0/s1. The van der Waals surface area contributed by atoms with E-state index in [-0.39, 0.29) is 17.0 Å². The average Bonchev–Trinajstić information content (AvgIpc) is 3.49. The number of nitrogens with one attached hydrogen (secondary N) is 1. The fourth-order valence-electron chi connectivity index (χ4n) is 4.76. The number of methoxy groups -OCH3 is 1. The highest BCUT2D eigenvalue weighted by Gasteiger charge is 2.38. The van der Waals surface area contributed by atoms with Gasteiger partial charge in [0.15, 0.2) is 10.8 Å². The van der Waals surface area contributed by atoms with Crippen LogP contribution in [0.2, 0.25) is 5.02 Å². The molecule has 0 aliphatic carbocycles. The summed E-state index contributed by atoms with van der Waals surface area (Å²) >= 11 is 7.81. The quantitative estimate of drug-likeness (QED) is 0.631. The predicted molar refractivity (Wildman–Crippen MR) is 126 cm³/mol. The highest BCUT2D eigenvalue weighted by molar-refractivity contribution is 7.11. The number of aliphatic imine (C=N–C) groups is 1. The Kier molecular flexibility index (Phi) is 6.37. The van der Waals surface area contributed by atoms with Crippen LogP contribution in [0.5, 0.6) is 0 Å². The van der Waals surface area contributed by atoms with Crippen LogP contribution in [0.4, 0.5) is 4.39 Å². The summed E-state index contributed by atoms with van der Waals surface area (Å²) in [4.78, 5) is 38.4. The lowest BCUT2D eigenvalue weighted by Crippen LogP contribution is -2.52. The molecule has 2 aromatic rings. The van der Waals surface area contributed by atoms with E-state index in [1.165, 1.54) is 30.6 Å². The van der Waals surface area contributed by atoms with Crippen molar-refractivity contribution in [1.29, 1.82) is 0 Å². The van der Waals surface area contributed by atoms with E-state index in [1.807, 2.05) is 10.3 Å². The molecule has 1 aromatic heterocycles. The summed E-state index contributed by atoms with van der Waals surface area (Å²) in [5, 5.41) is 5.98. The number of nitrogens with zero attached hydrogens (tertiary/aromatic N) is 4. The summed E-state index contributed by atoms with van der Waals surface area (Å²) in [7, 11) is 1.32. The molecule has 34 heavy (non-hydrogen) atoms. The topological polar surface area (TPSA) is 87.1 Å². The smallest absolute Gasteiger partial charge is 0.338 e. The molecule has 178 valence electrons. The normalized spacial score (nSPS) is 23.0. The van der Waals surface area contributed by atoms with Gasteiger partial charge >= 0.3 is 5.97 Å². The van der Waals surface area contributed by atoms with Crippen LogP contribution in [0.1, 0.15) is 29.5 Å². The van der Waals surface area contributed by atoms with Crippen LogP contribution >= 0.6 is 22.9 Å². The van der Waals surface area contributed by atoms with Gasteiger partial charge in [-0.25, -0.2) is 14.2 Å². The zero-order chi connectivity index (χ0) is 23.8. The number of esters is 1. The minimum absolute atomic E-state index is 0.174. The molecule has 1 amide bonds. The number of carbonyl (C=O) groups is 2. The summed E-state index contributed by atoms with van der Waals surface area (Å²) < 4.78 is 18.9. The van der Waals surface area contributed by atoms with E-state index < -0.39 is 17.8 Å². The number of amides is 1. The van der Waals surface area contributed by atoms with Crippen molar-refractivity contribution in [3.05, 3.63) is 62.5 Å². The Hall–Kier alpha value is -2.82. The van der Waals surface area contributed by atoms with Crippen molar-refractivity contribution < 1.29 is 18.7 Å². The first-order valence-corrected chi connectivity index (χ1v) is 12.2. The third kappa shape index (κ3) is 4.33. The number of fused-ring (bicyclic) bond motifs is 1. The van der Waals surface area contributed by atoms with Gasteiger partial charge in [-0.2, -0.15) is 0 Å². The van der Waals surface area contributed by atoms with E-state index in [4.69, 9.17) is 21.3 Å². The number of aromatic nitrogens is 1. The number of hydrogen-bond acceptors (Lipinski definition) is 8. The summed E-state index contributed by atoms with van der Waals surface area (Å²) in [5.74, 6) is -0.291. The fourth-order valence-corrected chi connectivity index (χ4v) is 5.62. The van der Waals surface area contributed by atoms with Crippen molar-refractivity contribution in [3.63, 3.8) is 0 Å². The van der Waals surface area contributed by atoms with Gasteiger partial charge in [0, 0.05) is 66.5 Å². The summed E-state index contributed by atoms with van der Waals surface area (Å²) in [6.45, 7) is 2.50. The number of hydrogen-bond donors (Lipinski definition) is 1. The maximum Gasteiger partial charge on any atom is 0.338 e. The van der Waals surface area contributed by atoms with Crippen molar-refractivity contribution in [2.75, 3.05) is 33.3 Å². The highest BCUT2D eigenvalue weighted by atomic mass is 35.5. The third-order valence-electron chi connectivity index (χ3n) is 6.38. The first kappa shape index (κ1) is 22.9. The second-order valence-electron chi connectivity index (χ2n) is 8.41. The zero-order valence-corrected chi connectivity index (χ0v) is 20.0. The van der Waals surface area contributed by atoms with Crippen LogP contribution < -0.4 is 5.32 Å². The summed E-state index contributed by atoms with van der Waals surface area (Å²) in [5.41, 5.74) is 1.46. The third-order valence-corrected chi connectivity index (χ3v) is 7.49. The Bertz CT molecular complexity index is 1190. The van der Waals surface area contributed by atoms with Crippen LogP contribution in [0.3, 0.4) is 0 Å². The van der Waals surface area contributed by atoms with E-state index in [1.54, 1.807) is 12.3 Å². The molecule has 0 saturated carbocycles. The number of piperazine rings is 1. The van der Waals surface area contributed by atoms with Gasteiger partial charge in [-0.05, 0) is 18.6 Å². The van der Waals surface area contributed by atoms with Crippen molar-refractivity contribution in [3.8, 4) is 0 Å². The van der Waals surface area contributed by atoms with Crippen LogP contribution in [-0.4, -0.2) is 71.8 Å². The molecular weight excluding hydrogens is 481 g/mol. The zero-order valence-electron chi connectivity index (χ0n) is 18.5. The van der Waals surface area contributed by atoms with E-state index in [2.05, 4.69) is 15.2 Å². The molecule has 11 heteroatoms. The van der Waals surface area contributed by atoms with Gasteiger partial charge in [-0.15, -0.1) is 11.3 Å². The Balaban J connectivity index is 1.54. The average molecular weight is 504 g/mol. The molecule has 0 spiro atoms. The molecule has 2 atom stereocenters. The number of carbonyl (C=O) groups excluding carboxylic acids is 2. The molecule has 2 fully saturated rings. The fraction of sp³-hybridized carbons (Fsp3) is 0.391. The number of benzene rings is 1. The molecule has 1 aromatic carbocycles. The van der Waals surface area contributed by atoms with Gasteiger partial charge in [0.25, 0.3) is 0 Å². The molecule has 3 aliphatic rings. The van der Waals surface area contributed by atoms with Gasteiger partial charge in [0.2, 0.25) is 5.91 Å². The molecule has 4 heterocycles. The van der Waals surface area contributed by atoms with Crippen LogP contribution in [-0.2, 0) is 14.3 Å². The Morgan fingerprint density at radius 3 is 2.97 bits per heavy atom. The van der Waals surface area contributed by atoms with Crippen LogP contribution in [0.15, 0.2) is 46.0 Å². The maximum absolute atomic E-state index is 13.8. The second kappa shape index (κ2) is 9.44. The molecule has 0 bridgehead atoms. The number of rotatable bonds is 5. The van der Waals surface area contributed by atoms with Crippen LogP contribution in [0.25, 0.3) is 0 Å². The Labute approximate surface area is 205 Å². The van der Waals surface area contributed by atoms with Crippen molar-refractivity contribution in [1.82, 2.24) is 20.1 Å². The lowest BCUT2D eigenvalue weighted by atomic mass is 9.95. The largest absolute Gasteiger partial charge is 0.466 e. The molecule has 2 saturated heterocycles. The molecule has 1 N–H and O–H groups in total. The lowest BCUT2D eigenvalue weighted by molar-refractivity contribution is -0.136. The summed E-state index contributed by atoms with van der Waals surface area (Å²) in [6.07, 6.45) is 3.10. The number of halogens is 2. The highest BCUT2D eigenvalue weighted by Crippen LogP contribution is 2.37. The van der Waals surface area contributed by atoms with E-state index in [9.17, 15) is 14.0 Å². The summed E-state index contributed by atoms with van der Waals surface area (Å²) in [6, 6.07) is 3.45.